The second kappa shape index (κ2) is 25.4. The minimum atomic E-state index is -0.937. The number of thioether (sulfide) groups is 1. The average molecular weight is 987 g/mol. The van der Waals surface area contributed by atoms with Gasteiger partial charge in [-0.15, -0.1) is 0 Å². The topological polar surface area (TPSA) is 92.3 Å². The van der Waals surface area contributed by atoms with Crippen LogP contribution in [0.5, 0.6) is 0 Å². The first kappa shape index (κ1) is 50.0. The molecule has 372 valence electrons. The summed E-state index contributed by atoms with van der Waals surface area (Å²) in [6.45, 7) is 3.95. The first-order chi connectivity index (χ1) is 35.6. The number of fused-ring (bicyclic) bond motifs is 1. The third-order valence-corrected chi connectivity index (χ3v) is 14.2. The van der Waals surface area contributed by atoms with Crippen molar-refractivity contribution in [1.82, 2.24) is 0 Å². The molecule has 11 heteroatoms. The summed E-state index contributed by atoms with van der Waals surface area (Å²) in [6.07, 6.45) is -6.57. The third kappa shape index (κ3) is 13.4. The van der Waals surface area contributed by atoms with Gasteiger partial charge in [0.05, 0.1) is 46.2 Å². The quantitative estimate of drug-likeness (QED) is 0.0689. The lowest BCUT2D eigenvalue weighted by molar-refractivity contribution is -0.376. The van der Waals surface area contributed by atoms with E-state index in [4.69, 9.17) is 47.4 Å². The first-order valence-corrected chi connectivity index (χ1v) is 25.7. The van der Waals surface area contributed by atoms with E-state index in [-0.39, 0.29) is 19.8 Å². The molecule has 3 aliphatic heterocycles. The van der Waals surface area contributed by atoms with Crippen LogP contribution in [0.3, 0.4) is 0 Å². The number of rotatable bonds is 21. The molecule has 7 aromatic rings. The van der Waals surface area contributed by atoms with Crippen LogP contribution in [0.25, 0.3) is 0 Å². The minimum Gasteiger partial charge on any atom is -0.368 e. The van der Waals surface area contributed by atoms with Gasteiger partial charge in [0.25, 0.3) is 0 Å². The Balaban J connectivity index is 0.992. The molecule has 7 aromatic carbocycles. The maximum absolute atomic E-state index is 7.29. The van der Waals surface area contributed by atoms with Gasteiger partial charge >= 0.3 is 0 Å². The fourth-order valence-corrected chi connectivity index (χ4v) is 10.4. The molecule has 0 N–H and O–H groups in total. The van der Waals surface area contributed by atoms with Crippen molar-refractivity contribution in [2.45, 2.75) is 112 Å². The van der Waals surface area contributed by atoms with Crippen LogP contribution >= 0.6 is 11.8 Å². The molecule has 10 nitrogen and oxygen atoms in total. The van der Waals surface area contributed by atoms with Crippen LogP contribution in [-0.2, 0) is 80.4 Å². The Labute approximate surface area is 427 Å². The molecule has 0 aliphatic carbocycles. The predicted octanol–water partition coefficient (Wildman–Crippen LogP) is 11.6. The maximum Gasteiger partial charge on any atom is 0.187 e. The van der Waals surface area contributed by atoms with Gasteiger partial charge in [0.1, 0.15) is 54.3 Å². The van der Waals surface area contributed by atoms with Crippen LogP contribution < -0.4 is 0 Å². The van der Waals surface area contributed by atoms with E-state index >= 15 is 0 Å². The number of ether oxygens (including phenoxy) is 10. The SMILES string of the molecule is Cc1ccc(S[C@@H]2O[C@H](CO[C@H]3O[C@@H]4CO[C@H](c5ccccc5)O[C@@H]4[C@H](OCc4ccccc4)[C@H]3OCc3ccccc3)[C@H](OCc3ccccc3)[C@H](OCc3ccccc3)[C@@H]2OCc2ccccc2)cc1. The van der Waals surface area contributed by atoms with E-state index < -0.39 is 66.8 Å². The molecule has 0 aromatic heterocycles. The summed E-state index contributed by atoms with van der Waals surface area (Å²) in [5, 5.41) is 0. The second-order valence-corrected chi connectivity index (χ2v) is 19.5. The lowest BCUT2D eigenvalue weighted by Crippen LogP contribution is -2.64. The molecule has 0 amide bonds. The molecular weight excluding hydrogens is 925 g/mol. The minimum absolute atomic E-state index is 0.0496. The number of benzene rings is 7. The lowest BCUT2D eigenvalue weighted by Gasteiger charge is -2.50. The number of hydrogen-bond donors (Lipinski definition) is 0. The molecule has 11 atom stereocenters. The van der Waals surface area contributed by atoms with Gasteiger partial charge in [-0.05, 0) is 46.9 Å². The van der Waals surface area contributed by atoms with Crippen molar-refractivity contribution in [2.75, 3.05) is 13.2 Å². The zero-order valence-corrected chi connectivity index (χ0v) is 41.2. The Morgan fingerprint density at radius 3 is 1.35 bits per heavy atom. The van der Waals surface area contributed by atoms with Crippen molar-refractivity contribution >= 4 is 11.8 Å². The van der Waals surface area contributed by atoms with E-state index in [1.165, 1.54) is 5.56 Å². The summed E-state index contributed by atoms with van der Waals surface area (Å²) in [7, 11) is 0. The van der Waals surface area contributed by atoms with E-state index in [9.17, 15) is 0 Å². The summed E-state index contributed by atoms with van der Waals surface area (Å²) in [5.41, 5.74) is 6.62. The summed E-state index contributed by atoms with van der Waals surface area (Å²) in [6, 6.07) is 69.1. The Bertz CT molecular complexity index is 2640. The molecule has 0 unspecified atom stereocenters. The Hall–Kier alpha value is -5.51. The summed E-state index contributed by atoms with van der Waals surface area (Å²) >= 11 is 1.60. The van der Waals surface area contributed by atoms with Crippen molar-refractivity contribution < 1.29 is 47.4 Å². The summed E-state index contributed by atoms with van der Waals surface area (Å²) < 4.78 is 69.6. The van der Waals surface area contributed by atoms with Crippen molar-refractivity contribution in [3.8, 4) is 0 Å². The van der Waals surface area contributed by atoms with Crippen LogP contribution in [-0.4, -0.2) is 73.8 Å². The van der Waals surface area contributed by atoms with Gasteiger partial charge in [-0.3, -0.25) is 0 Å². The van der Waals surface area contributed by atoms with Gasteiger partial charge in [0.2, 0.25) is 0 Å². The highest BCUT2D eigenvalue weighted by Crippen LogP contribution is 2.41. The molecular formula is C61H62O10S. The fraction of sp³-hybridized carbons (Fsp3) is 0.311. The normalized spacial score (nSPS) is 26.2. The molecule has 0 radical (unpaired) electrons. The van der Waals surface area contributed by atoms with E-state index in [2.05, 4.69) is 79.7 Å². The van der Waals surface area contributed by atoms with Crippen molar-refractivity contribution in [3.05, 3.63) is 245 Å². The highest BCUT2D eigenvalue weighted by Gasteiger charge is 2.54. The van der Waals surface area contributed by atoms with Gasteiger partial charge in [-0.2, -0.15) is 0 Å². The smallest absolute Gasteiger partial charge is 0.187 e. The fourth-order valence-electron chi connectivity index (χ4n) is 9.27. The highest BCUT2D eigenvalue weighted by atomic mass is 32.2. The number of aryl methyl sites for hydroxylation is 1. The zero-order valence-electron chi connectivity index (χ0n) is 40.4. The van der Waals surface area contributed by atoms with Gasteiger partial charge in [0.15, 0.2) is 12.6 Å². The Morgan fingerprint density at radius 1 is 0.417 bits per heavy atom. The van der Waals surface area contributed by atoms with Crippen LogP contribution in [0.2, 0.25) is 0 Å². The van der Waals surface area contributed by atoms with Crippen molar-refractivity contribution in [3.63, 3.8) is 0 Å². The van der Waals surface area contributed by atoms with Gasteiger partial charge < -0.3 is 47.4 Å². The van der Waals surface area contributed by atoms with Gasteiger partial charge in [-0.1, -0.05) is 211 Å². The maximum atomic E-state index is 7.29. The highest BCUT2D eigenvalue weighted by molar-refractivity contribution is 7.99. The first-order valence-electron chi connectivity index (χ1n) is 24.8. The Kier molecular flexibility index (Phi) is 17.7. The predicted molar refractivity (Wildman–Crippen MR) is 275 cm³/mol. The molecule has 10 rings (SSSR count). The van der Waals surface area contributed by atoms with E-state index in [1.54, 1.807) is 11.8 Å². The molecule has 0 saturated carbocycles. The molecule has 3 heterocycles. The van der Waals surface area contributed by atoms with Crippen molar-refractivity contribution in [1.29, 1.82) is 0 Å². The van der Waals surface area contributed by atoms with Crippen LogP contribution in [0.15, 0.2) is 211 Å². The van der Waals surface area contributed by atoms with E-state index in [0.29, 0.717) is 26.4 Å². The third-order valence-electron chi connectivity index (χ3n) is 13.1. The molecule has 72 heavy (non-hydrogen) atoms. The van der Waals surface area contributed by atoms with Crippen LogP contribution in [0.1, 0.15) is 45.2 Å². The average Bonchev–Trinajstić information content (AvgIpc) is 3.44. The zero-order chi connectivity index (χ0) is 48.7. The summed E-state index contributed by atoms with van der Waals surface area (Å²) in [5.74, 6) is 0. The van der Waals surface area contributed by atoms with Crippen LogP contribution in [0, 0.1) is 6.92 Å². The van der Waals surface area contributed by atoms with E-state index in [0.717, 1.165) is 38.3 Å². The molecule has 0 spiro atoms. The Morgan fingerprint density at radius 2 is 0.847 bits per heavy atom. The second-order valence-electron chi connectivity index (χ2n) is 18.3. The summed E-state index contributed by atoms with van der Waals surface area (Å²) in [4.78, 5) is 1.03. The van der Waals surface area contributed by atoms with Crippen molar-refractivity contribution in [2.24, 2.45) is 0 Å². The lowest BCUT2D eigenvalue weighted by atomic mass is 9.96. The standard InChI is InChI=1S/C61H62O10S/c1-43-32-34-50(35-33-43)72-61-58(66-40-48-28-16-6-17-29-48)55(63-37-45-22-10-3-11-23-45)53(62-36-44-20-8-2-9-21-44)51(70-61)41-68-60-57(65-39-47-26-14-5-15-27-47)56(64-38-46-24-12-4-13-25-46)54-52(69-60)42-67-59(71-54)49-30-18-7-19-31-49/h2-35,51-61H,36-42H2,1H3/t51-,52-,53+,54+,55+,56+,57-,58+,59+,60+,61+/m1/s1. The monoisotopic (exact) mass is 986 g/mol. The molecule has 3 saturated heterocycles. The van der Waals surface area contributed by atoms with Crippen LogP contribution in [0.4, 0.5) is 0 Å². The molecule has 3 aliphatic rings. The largest absolute Gasteiger partial charge is 0.368 e. The van der Waals surface area contributed by atoms with Gasteiger partial charge in [0, 0.05) is 10.5 Å². The molecule has 3 fully saturated rings. The number of hydrogen-bond acceptors (Lipinski definition) is 11. The van der Waals surface area contributed by atoms with E-state index in [1.807, 2.05) is 133 Å². The van der Waals surface area contributed by atoms with Gasteiger partial charge in [-0.25, -0.2) is 0 Å². The molecule has 0 bridgehead atoms.